The number of unbranched alkanes of at least 4 members (excludes halogenated alkanes) is 9. The van der Waals surface area contributed by atoms with Crippen LogP contribution in [0.5, 0.6) is 0 Å². The van der Waals surface area contributed by atoms with Gasteiger partial charge in [0.25, 0.3) is 0 Å². The summed E-state index contributed by atoms with van der Waals surface area (Å²) in [5.74, 6) is -2.67. The van der Waals surface area contributed by atoms with Gasteiger partial charge in [-0.05, 0) is 90.4 Å². The van der Waals surface area contributed by atoms with Crippen LogP contribution >= 0.6 is 0 Å². The molecule has 0 bridgehead atoms. The van der Waals surface area contributed by atoms with Crippen molar-refractivity contribution >= 4 is 83.8 Å². The molecule has 714 valence electrons. The zero-order valence-electron chi connectivity index (χ0n) is 78.1. The molecule has 0 spiro atoms. The van der Waals surface area contributed by atoms with Crippen LogP contribution in [0, 0.1) is 0 Å². The van der Waals surface area contributed by atoms with Gasteiger partial charge in [-0.1, -0.05) is 46.5 Å². The summed E-state index contributed by atoms with van der Waals surface area (Å²) in [7, 11) is 23.8. The van der Waals surface area contributed by atoms with E-state index < -0.39 is 6.16 Å². The number of hydrogen-bond donors (Lipinski definition) is 0. The van der Waals surface area contributed by atoms with Gasteiger partial charge in [-0.25, -0.2) is 9.59 Å². The fourth-order valence-electron chi connectivity index (χ4n) is 5.79. The van der Waals surface area contributed by atoms with Crippen molar-refractivity contribution in [2.24, 2.45) is 0 Å². The molecule has 0 radical (unpaired) electrons. The molecule has 0 N–H and O–H groups in total. The topological polar surface area (TPSA) is 461 Å². The molecule has 119 heavy (non-hydrogen) atoms. The first-order valence-electron chi connectivity index (χ1n) is 39.0. The van der Waals surface area contributed by atoms with Gasteiger partial charge in [0, 0.05) is 185 Å². The van der Waals surface area contributed by atoms with Gasteiger partial charge in [0.15, 0.2) is 0 Å². The van der Waals surface area contributed by atoms with E-state index in [0.29, 0.717) is 105 Å². The van der Waals surface area contributed by atoms with Crippen molar-refractivity contribution in [1.82, 2.24) is 0 Å². The Morgan fingerprint density at radius 3 is 0.689 bits per heavy atom. The number of esters is 13. The quantitative estimate of drug-likeness (QED) is 0.0310. The zero-order chi connectivity index (χ0) is 94.6. The Balaban J connectivity index is -0.0000000834. The second-order valence-electron chi connectivity index (χ2n) is 22.5. The molecule has 0 rings (SSSR count). The zero-order valence-corrected chi connectivity index (χ0v) is 78.1. The molecule has 0 heterocycles. The highest BCUT2D eigenvalue weighted by Crippen LogP contribution is 2.02. The molecule has 38 heteroatoms. The van der Waals surface area contributed by atoms with Crippen molar-refractivity contribution in [3.05, 3.63) is 0 Å². The first-order chi connectivity index (χ1) is 56.5. The summed E-state index contributed by atoms with van der Waals surface area (Å²) < 4.78 is 109. The number of carbonyl (C=O) groups excluding carboxylic acids is 14. The SMILES string of the molecule is CCCCCOC(C)=O.CCCCOC(C)=O.CCCOC(C)=O.CCOC(C)=O.COC(=O)OC.COCC(=O)OC.COCCC(=O)OC.COCCCC(=O)OC.COCCCCC(=O)OC.COCCCCCC(=O)OC.COCCCCCOC(C)=O.COCCCCOC(C)=O.COCCCOC(C)=O.COCCOC(C)=O. The Hall–Kier alpha value is -7.98. The number of carbonyl (C=O) groups is 14. The summed E-state index contributed by atoms with van der Waals surface area (Å²) in [4.78, 5) is 142. The molecule has 0 aromatic carbocycles. The molecular formula is C81H162O38. The van der Waals surface area contributed by atoms with Crippen LogP contribution in [-0.2, 0) is 176 Å². The molecule has 0 aromatic rings. The third-order valence-corrected chi connectivity index (χ3v) is 11.6. The van der Waals surface area contributed by atoms with E-state index in [1.807, 2.05) is 6.92 Å². The van der Waals surface area contributed by atoms with E-state index in [1.165, 1.54) is 119 Å². The molecular weight excluding hydrogens is 1580 g/mol. The lowest BCUT2D eigenvalue weighted by atomic mass is 10.2. The standard InChI is InChI=1S/2C8H16O3.2C7H14O3.C7H14O2.2C6H12O3.C6H12O2.2C5H10O3.C5H10O2.C4H8O3.C4H8O2.C3H6O3/c1-10-7-5-3-4-6-8(9)11-2;1-8(9)11-7-5-3-4-6-10-2;1-9-6-4-3-5-7(8)10-2;1-7(8)10-6-4-3-5-9-2;1-3-4-5-6-9-7(2)8;1-8-5-3-4-6(7)9-2;1-6(7)9-5-3-4-8-2;1-3-4-5-8-6(2)7;1-7-4-3-5(6)8-2;1-5(6)8-4-3-7-2;1-3-4-7-5(2)6;1-6-3-4(5)7-2;1-3-6-4(2)5;1-5-3(4)6-2/h2*3-7H2,1-2H3;2*3-6H2,1-2H3;3-6H2,1-2H3;2*3-5H2,1-2H3;3-5H2,1-2H3;2*3-4H2,1-2H3;3-4H2,1-2H3;3H2,1-2H3;3H2,1-2H3;1-2H3. The van der Waals surface area contributed by atoms with Crippen molar-refractivity contribution in [2.75, 3.05) is 226 Å². The van der Waals surface area contributed by atoms with E-state index in [4.69, 9.17) is 42.6 Å². The Morgan fingerprint density at radius 1 is 0.176 bits per heavy atom. The summed E-state index contributed by atoms with van der Waals surface area (Å²) in [6, 6.07) is 0. The Morgan fingerprint density at radius 2 is 0.420 bits per heavy atom. The fourth-order valence-corrected chi connectivity index (χ4v) is 5.79. The lowest BCUT2D eigenvalue weighted by Crippen LogP contribution is -2.07. The maximum atomic E-state index is 10.6. The second kappa shape index (κ2) is 139. The van der Waals surface area contributed by atoms with E-state index in [0.717, 1.165) is 136 Å². The molecule has 38 nitrogen and oxygen atoms in total. The van der Waals surface area contributed by atoms with Gasteiger partial charge >= 0.3 is 83.8 Å². The van der Waals surface area contributed by atoms with Crippen molar-refractivity contribution in [3.8, 4) is 0 Å². The maximum Gasteiger partial charge on any atom is 0.507 e. The monoisotopic (exact) mass is 1740 g/mol. The van der Waals surface area contributed by atoms with Crippen LogP contribution in [-0.4, -0.2) is 310 Å². The minimum atomic E-state index is -0.657. The molecule has 0 atom stereocenters. The van der Waals surface area contributed by atoms with Gasteiger partial charge in [0.1, 0.15) is 13.2 Å². The van der Waals surface area contributed by atoms with Gasteiger partial charge in [0.2, 0.25) is 0 Å². The van der Waals surface area contributed by atoms with E-state index in [-0.39, 0.29) is 84.2 Å². The largest absolute Gasteiger partial charge is 0.507 e. The lowest BCUT2D eigenvalue weighted by molar-refractivity contribution is -0.145. The minimum absolute atomic E-state index is 0.0382. The van der Waals surface area contributed by atoms with Crippen LogP contribution in [0.2, 0.25) is 0 Å². The van der Waals surface area contributed by atoms with E-state index in [2.05, 4.69) is 84.9 Å². The van der Waals surface area contributed by atoms with Gasteiger partial charge < -0.3 is 114 Å². The summed E-state index contributed by atoms with van der Waals surface area (Å²) >= 11 is 0. The Kier molecular flexibility index (Phi) is 167. The van der Waals surface area contributed by atoms with Crippen molar-refractivity contribution in [1.29, 1.82) is 0 Å². The van der Waals surface area contributed by atoms with E-state index >= 15 is 0 Å². The number of rotatable bonds is 48. The van der Waals surface area contributed by atoms with Gasteiger partial charge in [-0.2, -0.15) is 0 Å². The third-order valence-electron chi connectivity index (χ3n) is 11.6. The molecule has 0 unspecified atom stereocenters. The molecule has 0 saturated heterocycles. The Bertz CT molecular complexity index is 2120. The Labute approximate surface area is 712 Å². The molecule has 0 aliphatic rings. The lowest BCUT2D eigenvalue weighted by Gasteiger charge is -2.00. The van der Waals surface area contributed by atoms with Crippen molar-refractivity contribution in [2.45, 2.75) is 224 Å². The van der Waals surface area contributed by atoms with E-state index in [1.54, 1.807) is 63.8 Å². The number of ether oxygens (including phenoxy) is 24. The third kappa shape index (κ3) is 228. The van der Waals surface area contributed by atoms with Gasteiger partial charge in [-0.3, -0.25) is 57.5 Å². The first kappa shape index (κ1) is 143. The summed E-state index contributed by atoms with van der Waals surface area (Å²) in [5.41, 5.74) is 0. The van der Waals surface area contributed by atoms with Crippen molar-refractivity contribution in [3.63, 3.8) is 0 Å². The van der Waals surface area contributed by atoms with Crippen LogP contribution in [0.3, 0.4) is 0 Å². The molecule has 0 aliphatic carbocycles. The molecule has 0 saturated carbocycles. The van der Waals surface area contributed by atoms with Crippen LogP contribution < -0.4 is 0 Å². The normalized spacial score (nSPS) is 8.91. The van der Waals surface area contributed by atoms with Crippen LogP contribution in [0.15, 0.2) is 0 Å². The highest BCUT2D eigenvalue weighted by atomic mass is 16.7. The highest BCUT2D eigenvalue weighted by molar-refractivity contribution is 5.71. The summed E-state index contributed by atoms with van der Waals surface area (Å²) in [6.45, 7) is 28.5. The van der Waals surface area contributed by atoms with Crippen molar-refractivity contribution < 1.29 is 181 Å². The molecule has 0 fully saturated rings. The summed E-state index contributed by atoms with van der Waals surface area (Å²) in [6.07, 6.45) is 18.5. The highest BCUT2D eigenvalue weighted by Gasteiger charge is 2.02. The smallest absolute Gasteiger partial charge is 0.469 e. The van der Waals surface area contributed by atoms with Crippen LogP contribution in [0.4, 0.5) is 4.79 Å². The molecule has 0 aromatic heterocycles. The van der Waals surface area contributed by atoms with Gasteiger partial charge in [-0.15, -0.1) is 0 Å². The number of hydrogen-bond acceptors (Lipinski definition) is 38. The predicted molar refractivity (Wildman–Crippen MR) is 444 cm³/mol. The average Bonchev–Trinajstić information content (AvgIpc) is 1.10. The minimum Gasteiger partial charge on any atom is -0.469 e. The average molecular weight is 1740 g/mol. The van der Waals surface area contributed by atoms with Crippen LogP contribution in [0.25, 0.3) is 0 Å². The van der Waals surface area contributed by atoms with Crippen LogP contribution in [0.1, 0.15) is 224 Å². The molecule has 0 aliphatic heterocycles. The van der Waals surface area contributed by atoms with E-state index in [9.17, 15) is 67.1 Å². The second-order valence-corrected chi connectivity index (χ2v) is 22.5. The summed E-state index contributed by atoms with van der Waals surface area (Å²) in [5, 5.41) is 0. The molecule has 0 amide bonds. The first-order valence-corrected chi connectivity index (χ1v) is 39.0. The maximum absolute atomic E-state index is 10.6. The fraction of sp³-hybridized carbons (Fsp3) is 0.827. The predicted octanol–water partition coefficient (Wildman–Crippen LogP) is 11.1. The number of methoxy groups -OCH3 is 16. The van der Waals surface area contributed by atoms with Gasteiger partial charge in [0.05, 0.1) is 116 Å².